The zero-order chi connectivity index (χ0) is 20.4. The molecule has 0 aliphatic rings. The van der Waals surface area contributed by atoms with Gasteiger partial charge in [0.25, 0.3) is 0 Å². The third-order valence-electron chi connectivity index (χ3n) is 5.35. The SMILES string of the molecule is CC(C)(C(=O)O)C(c1ccc(Nc2ccc3ccccc3c2)cc1)c1ncc[nH]1. The summed E-state index contributed by atoms with van der Waals surface area (Å²) < 4.78 is 0. The molecule has 4 aromatic rings. The van der Waals surface area contributed by atoms with E-state index >= 15 is 0 Å². The standard InChI is InChI=1S/C24H23N3O2/c1-24(2,23(28)29)21(22-25-13-14-26-22)17-8-10-19(11-9-17)27-20-12-7-16-5-3-4-6-18(16)15-20/h3-15,21,27H,1-2H3,(H,25,26)(H,28,29). The zero-order valence-corrected chi connectivity index (χ0v) is 16.4. The molecule has 5 nitrogen and oxygen atoms in total. The van der Waals surface area contributed by atoms with Crippen LogP contribution in [0, 0.1) is 5.41 Å². The minimum absolute atomic E-state index is 0.385. The summed E-state index contributed by atoms with van der Waals surface area (Å²) in [5.41, 5.74) is 1.84. The van der Waals surface area contributed by atoms with Gasteiger partial charge in [0.1, 0.15) is 5.82 Å². The first-order valence-electron chi connectivity index (χ1n) is 9.53. The number of nitrogens with zero attached hydrogens (tertiary/aromatic N) is 1. The fourth-order valence-corrected chi connectivity index (χ4v) is 3.67. The van der Waals surface area contributed by atoms with Gasteiger partial charge in [0.15, 0.2) is 0 Å². The predicted octanol–water partition coefficient (Wildman–Crippen LogP) is 5.55. The second kappa shape index (κ2) is 7.43. The summed E-state index contributed by atoms with van der Waals surface area (Å²) in [5, 5.41) is 15.5. The van der Waals surface area contributed by atoms with Crippen LogP contribution in [-0.4, -0.2) is 21.0 Å². The number of benzene rings is 3. The quantitative estimate of drug-likeness (QED) is 0.407. The second-order valence-corrected chi connectivity index (χ2v) is 7.74. The Balaban J connectivity index is 1.62. The molecule has 3 N–H and O–H groups in total. The van der Waals surface area contributed by atoms with Crippen molar-refractivity contribution in [1.82, 2.24) is 9.97 Å². The van der Waals surface area contributed by atoms with E-state index in [9.17, 15) is 9.90 Å². The smallest absolute Gasteiger partial charge is 0.310 e. The van der Waals surface area contributed by atoms with Gasteiger partial charge in [-0.15, -0.1) is 0 Å². The largest absolute Gasteiger partial charge is 0.481 e. The number of hydrogen-bond donors (Lipinski definition) is 3. The van der Waals surface area contributed by atoms with Gasteiger partial charge in [0.2, 0.25) is 0 Å². The van der Waals surface area contributed by atoms with Crippen molar-refractivity contribution in [2.45, 2.75) is 19.8 Å². The van der Waals surface area contributed by atoms with Crippen LogP contribution in [0.2, 0.25) is 0 Å². The highest BCUT2D eigenvalue weighted by molar-refractivity contribution is 5.86. The monoisotopic (exact) mass is 385 g/mol. The molecule has 5 heteroatoms. The highest BCUT2D eigenvalue weighted by atomic mass is 16.4. The Morgan fingerprint density at radius 3 is 2.34 bits per heavy atom. The fraction of sp³-hybridized carbons (Fsp3) is 0.167. The second-order valence-electron chi connectivity index (χ2n) is 7.74. The Kier molecular flexibility index (Phi) is 4.80. The summed E-state index contributed by atoms with van der Waals surface area (Å²) in [6.07, 6.45) is 3.37. The van der Waals surface area contributed by atoms with Crippen molar-refractivity contribution >= 4 is 28.1 Å². The van der Waals surface area contributed by atoms with E-state index in [0.717, 1.165) is 16.9 Å². The lowest BCUT2D eigenvalue weighted by Gasteiger charge is -2.29. The molecule has 1 unspecified atom stereocenters. The third kappa shape index (κ3) is 3.72. The number of aromatic amines is 1. The topological polar surface area (TPSA) is 78.0 Å². The Hall–Kier alpha value is -3.60. The molecule has 1 atom stereocenters. The summed E-state index contributed by atoms with van der Waals surface area (Å²) >= 11 is 0. The maximum atomic E-state index is 11.9. The van der Waals surface area contributed by atoms with Crippen LogP contribution in [0.4, 0.5) is 11.4 Å². The molecule has 0 saturated heterocycles. The van der Waals surface area contributed by atoms with Gasteiger partial charge in [-0.05, 0) is 54.4 Å². The van der Waals surface area contributed by atoms with E-state index in [1.165, 1.54) is 10.8 Å². The molecule has 146 valence electrons. The lowest BCUT2D eigenvalue weighted by atomic mass is 9.74. The van der Waals surface area contributed by atoms with Gasteiger partial charge >= 0.3 is 5.97 Å². The molecule has 0 amide bonds. The van der Waals surface area contributed by atoms with Crippen molar-refractivity contribution in [2.24, 2.45) is 5.41 Å². The fourth-order valence-electron chi connectivity index (χ4n) is 3.67. The van der Waals surface area contributed by atoms with Crippen LogP contribution in [0.1, 0.15) is 31.2 Å². The highest BCUT2D eigenvalue weighted by Gasteiger charge is 2.40. The Bertz CT molecular complexity index is 1130. The van der Waals surface area contributed by atoms with Crippen LogP contribution in [-0.2, 0) is 4.79 Å². The molecule has 3 aromatic carbocycles. The van der Waals surface area contributed by atoms with Crippen LogP contribution in [0.3, 0.4) is 0 Å². The van der Waals surface area contributed by atoms with Crippen LogP contribution >= 0.6 is 0 Å². The number of carboxylic acids is 1. The van der Waals surface area contributed by atoms with E-state index in [2.05, 4.69) is 45.6 Å². The first kappa shape index (κ1) is 18.7. The van der Waals surface area contributed by atoms with Gasteiger partial charge in [-0.1, -0.05) is 42.5 Å². The molecule has 29 heavy (non-hydrogen) atoms. The first-order valence-corrected chi connectivity index (χ1v) is 9.53. The molecule has 0 saturated carbocycles. The van der Waals surface area contributed by atoms with Gasteiger partial charge in [0.05, 0.1) is 11.3 Å². The summed E-state index contributed by atoms with van der Waals surface area (Å²) in [6, 6.07) is 22.4. The number of nitrogens with one attached hydrogen (secondary N) is 2. The van der Waals surface area contributed by atoms with Crippen molar-refractivity contribution in [3.05, 3.63) is 90.5 Å². The number of fused-ring (bicyclic) bond motifs is 1. The molecule has 4 rings (SSSR count). The minimum atomic E-state index is -1.01. The molecular formula is C24H23N3O2. The van der Waals surface area contributed by atoms with E-state index in [1.54, 1.807) is 26.2 Å². The summed E-state index contributed by atoms with van der Waals surface area (Å²) in [7, 11) is 0. The number of H-pyrrole nitrogens is 1. The van der Waals surface area contributed by atoms with E-state index in [-0.39, 0.29) is 5.92 Å². The molecule has 1 aromatic heterocycles. The van der Waals surface area contributed by atoms with Gasteiger partial charge in [-0.25, -0.2) is 4.98 Å². The van der Waals surface area contributed by atoms with Crippen LogP contribution in [0.25, 0.3) is 10.8 Å². The molecule has 0 bridgehead atoms. The molecule has 0 spiro atoms. The van der Waals surface area contributed by atoms with Crippen molar-refractivity contribution in [3.8, 4) is 0 Å². The van der Waals surface area contributed by atoms with Gasteiger partial charge < -0.3 is 15.4 Å². The van der Waals surface area contributed by atoms with Gasteiger partial charge in [-0.3, -0.25) is 4.79 Å². The average molecular weight is 385 g/mol. The normalized spacial score (nSPS) is 12.6. The maximum Gasteiger partial charge on any atom is 0.310 e. The molecule has 0 radical (unpaired) electrons. The van der Waals surface area contributed by atoms with Crippen molar-refractivity contribution in [2.75, 3.05) is 5.32 Å². The third-order valence-corrected chi connectivity index (χ3v) is 5.35. The van der Waals surface area contributed by atoms with Gasteiger partial charge in [0, 0.05) is 23.8 Å². The minimum Gasteiger partial charge on any atom is -0.481 e. The first-order chi connectivity index (χ1) is 13.9. The molecule has 1 heterocycles. The average Bonchev–Trinajstić information content (AvgIpc) is 3.23. The summed E-state index contributed by atoms with van der Waals surface area (Å²) in [5.74, 6) is -0.602. The number of aromatic nitrogens is 2. The molecule has 0 aliphatic heterocycles. The lowest BCUT2D eigenvalue weighted by Crippen LogP contribution is -2.32. The van der Waals surface area contributed by atoms with E-state index in [1.807, 2.05) is 36.4 Å². The molecule has 0 fully saturated rings. The van der Waals surface area contributed by atoms with Crippen molar-refractivity contribution in [1.29, 1.82) is 0 Å². The number of imidazole rings is 1. The Morgan fingerprint density at radius 2 is 1.69 bits per heavy atom. The van der Waals surface area contributed by atoms with Crippen LogP contribution in [0.15, 0.2) is 79.1 Å². The van der Waals surface area contributed by atoms with Crippen LogP contribution in [0.5, 0.6) is 0 Å². The van der Waals surface area contributed by atoms with Crippen LogP contribution < -0.4 is 5.32 Å². The van der Waals surface area contributed by atoms with E-state index < -0.39 is 11.4 Å². The lowest BCUT2D eigenvalue weighted by molar-refractivity contribution is -0.147. The zero-order valence-electron chi connectivity index (χ0n) is 16.4. The molecule has 0 aliphatic carbocycles. The maximum absolute atomic E-state index is 11.9. The number of carboxylic acid groups (broad SMARTS) is 1. The number of hydrogen-bond acceptors (Lipinski definition) is 3. The highest BCUT2D eigenvalue weighted by Crippen LogP contribution is 2.40. The Morgan fingerprint density at radius 1 is 1.00 bits per heavy atom. The summed E-state index contributed by atoms with van der Waals surface area (Å²) in [4.78, 5) is 19.3. The van der Waals surface area contributed by atoms with E-state index in [4.69, 9.17) is 0 Å². The number of rotatable bonds is 6. The number of anilines is 2. The Labute approximate surface area is 169 Å². The summed E-state index contributed by atoms with van der Waals surface area (Å²) in [6.45, 7) is 3.45. The molecular weight excluding hydrogens is 362 g/mol. The van der Waals surface area contributed by atoms with Crippen molar-refractivity contribution in [3.63, 3.8) is 0 Å². The van der Waals surface area contributed by atoms with Crippen molar-refractivity contribution < 1.29 is 9.90 Å². The van der Waals surface area contributed by atoms with Gasteiger partial charge in [-0.2, -0.15) is 0 Å². The predicted molar refractivity (Wildman–Crippen MR) is 116 cm³/mol. The number of carbonyl (C=O) groups is 1. The number of aliphatic carboxylic acids is 1. The van der Waals surface area contributed by atoms with E-state index in [0.29, 0.717) is 5.82 Å².